The van der Waals surface area contributed by atoms with Crippen LogP contribution in [-0.2, 0) is 6.42 Å². The van der Waals surface area contributed by atoms with E-state index in [1.165, 1.54) is 12.8 Å². The molecule has 0 amide bonds. The Labute approximate surface area is 65.6 Å². The molecule has 60 valence electrons. The first-order valence-corrected chi connectivity index (χ1v) is 4.02. The number of anilines is 1. The highest BCUT2D eigenvalue weighted by atomic mass is 16.4. The van der Waals surface area contributed by atoms with Gasteiger partial charge in [-0.25, -0.2) is 0 Å². The van der Waals surface area contributed by atoms with Crippen LogP contribution >= 0.6 is 0 Å². The van der Waals surface area contributed by atoms with E-state index in [2.05, 4.69) is 11.9 Å². The number of fused-ring (bicyclic) bond motifs is 1. The predicted octanol–water partition coefficient (Wildman–Crippen LogP) is 1.70. The summed E-state index contributed by atoms with van der Waals surface area (Å²) in [6, 6.07) is 0.323. The van der Waals surface area contributed by atoms with E-state index < -0.39 is 0 Å². The molecular weight excluding hydrogens is 140 g/mol. The highest BCUT2D eigenvalue weighted by Crippen LogP contribution is 2.31. The fraction of sp³-hybridized carbons (Fsp3) is 0.625. The fourth-order valence-electron chi connectivity index (χ4n) is 1.65. The van der Waals surface area contributed by atoms with Crippen molar-refractivity contribution in [3.63, 3.8) is 0 Å². The van der Waals surface area contributed by atoms with Crippen LogP contribution in [0, 0.1) is 0 Å². The van der Waals surface area contributed by atoms with E-state index in [0.717, 1.165) is 17.9 Å². The Balaban J connectivity index is 2.43. The molecule has 0 saturated carbocycles. The van der Waals surface area contributed by atoms with Crippen molar-refractivity contribution < 1.29 is 4.42 Å². The van der Waals surface area contributed by atoms with Gasteiger partial charge in [0, 0.05) is 12.3 Å². The summed E-state index contributed by atoms with van der Waals surface area (Å²) in [5, 5.41) is 0. The van der Waals surface area contributed by atoms with Crippen molar-refractivity contribution in [2.75, 3.05) is 5.73 Å². The molecule has 1 aliphatic carbocycles. The van der Waals surface area contributed by atoms with E-state index >= 15 is 0 Å². The van der Waals surface area contributed by atoms with E-state index in [1.807, 2.05) is 0 Å². The molecule has 3 heteroatoms. The maximum absolute atomic E-state index is 5.44. The highest BCUT2D eigenvalue weighted by Gasteiger charge is 2.21. The Morgan fingerprint density at radius 3 is 3.18 bits per heavy atom. The van der Waals surface area contributed by atoms with Crippen LogP contribution in [0.15, 0.2) is 4.42 Å². The van der Waals surface area contributed by atoms with E-state index in [-0.39, 0.29) is 0 Å². The van der Waals surface area contributed by atoms with Crippen molar-refractivity contribution in [2.45, 2.75) is 32.1 Å². The molecule has 0 saturated heterocycles. The topological polar surface area (TPSA) is 52.0 Å². The molecule has 0 aromatic carbocycles. The van der Waals surface area contributed by atoms with Gasteiger partial charge in [0.15, 0.2) is 0 Å². The zero-order chi connectivity index (χ0) is 7.84. The Morgan fingerprint density at radius 1 is 1.64 bits per heavy atom. The SMILES string of the molecule is CC1CCCc2oc(N)nc21. The maximum atomic E-state index is 5.44. The molecule has 1 atom stereocenters. The van der Waals surface area contributed by atoms with Crippen LogP contribution in [0.5, 0.6) is 0 Å². The summed E-state index contributed by atoms with van der Waals surface area (Å²) in [5.41, 5.74) is 6.52. The molecule has 3 nitrogen and oxygen atoms in total. The first kappa shape index (κ1) is 6.70. The third-order valence-electron chi connectivity index (χ3n) is 2.25. The number of oxazole rings is 1. The molecule has 1 aromatic rings. The molecule has 0 aliphatic heterocycles. The van der Waals surface area contributed by atoms with Gasteiger partial charge in [-0.2, -0.15) is 4.98 Å². The number of nitrogens with zero attached hydrogens (tertiary/aromatic N) is 1. The third-order valence-corrected chi connectivity index (χ3v) is 2.25. The van der Waals surface area contributed by atoms with Gasteiger partial charge in [0.1, 0.15) is 5.76 Å². The molecule has 1 aromatic heterocycles. The molecule has 2 N–H and O–H groups in total. The minimum absolute atomic E-state index is 0.323. The van der Waals surface area contributed by atoms with E-state index in [4.69, 9.17) is 10.2 Å². The van der Waals surface area contributed by atoms with E-state index in [9.17, 15) is 0 Å². The van der Waals surface area contributed by atoms with Crippen LogP contribution in [0.2, 0.25) is 0 Å². The molecule has 1 unspecified atom stereocenters. The smallest absolute Gasteiger partial charge is 0.292 e. The summed E-state index contributed by atoms with van der Waals surface area (Å²) in [7, 11) is 0. The molecule has 0 bridgehead atoms. The summed E-state index contributed by atoms with van der Waals surface area (Å²) in [6.07, 6.45) is 3.41. The Hall–Kier alpha value is -0.990. The Morgan fingerprint density at radius 2 is 2.45 bits per heavy atom. The van der Waals surface area contributed by atoms with Gasteiger partial charge in [0.25, 0.3) is 6.01 Å². The van der Waals surface area contributed by atoms with Gasteiger partial charge in [-0.1, -0.05) is 6.92 Å². The van der Waals surface area contributed by atoms with Crippen LogP contribution < -0.4 is 5.73 Å². The second kappa shape index (κ2) is 2.26. The van der Waals surface area contributed by atoms with Crippen molar-refractivity contribution in [1.29, 1.82) is 0 Å². The molecule has 2 rings (SSSR count). The Bertz CT molecular complexity index is 267. The fourth-order valence-corrected chi connectivity index (χ4v) is 1.65. The van der Waals surface area contributed by atoms with Gasteiger partial charge >= 0.3 is 0 Å². The average molecular weight is 152 g/mol. The lowest BCUT2D eigenvalue weighted by Gasteiger charge is -2.14. The van der Waals surface area contributed by atoms with E-state index in [0.29, 0.717) is 11.9 Å². The van der Waals surface area contributed by atoms with E-state index in [1.54, 1.807) is 0 Å². The number of hydrogen-bond acceptors (Lipinski definition) is 3. The Kier molecular flexibility index (Phi) is 1.37. The monoisotopic (exact) mass is 152 g/mol. The number of hydrogen-bond donors (Lipinski definition) is 1. The summed E-state index contributed by atoms with van der Waals surface area (Å²) >= 11 is 0. The zero-order valence-electron chi connectivity index (χ0n) is 6.63. The lowest BCUT2D eigenvalue weighted by molar-refractivity contribution is 0.469. The van der Waals surface area contributed by atoms with Gasteiger partial charge < -0.3 is 10.2 Å². The molecule has 1 heterocycles. The average Bonchev–Trinajstić information content (AvgIpc) is 2.31. The summed E-state index contributed by atoms with van der Waals surface area (Å²) in [4.78, 5) is 4.14. The highest BCUT2D eigenvalue weighted by molar-refractivity contribution is 5.24. The van der Waals surface area contributed by atoms with Gasteiger partial charge in [0.2, 0.25) is 0 Å². The van der Waals surface area contributed by atoms with Crippen molar-refractivity contribution in [3.8, 4) is 0 Å². The van der Waals surface area contributed by atoms with Gasteiger partial charge in [-0.3, -0.25) is 0 Å². The lowest BCUT2D eigenvalue weighted by Crippen LogP contribution is -2.05. The van der Waals surface area contributed by atoms with Crippen LogP contribution in [0.25, 0.3) is 0 Å². The first-order valence-electron chi connectivity index (χ1n) is 4.02. The molecular formula is C8H12N2O. The molecule has 11 heavy (non-hydrogen) atoms. The number of nitrogens with two attached hydrogens (primary N) is 1. The number of rotatable bonds is 0. The number of nitrogen functional groups attached to an aromatic ring is 1. The summed E-state index contributed by atoms with van der Waals surface area (Å²) < 4.78 is 5.24. The predicted molar refractivity (Wildman–Crippen MR) is 42.3 cm³/mol. The van der Waals surface area contributed by atoms with Crippen LogP contribution in [-0.4, -0.2) is 4.98 Å². The third kappa shape index (κ3) is 1.00. The largest absolute Gasteiger partial charge is 0.429 e. The number of aryl methyl sites for hydroxylation is 1. The van der Waals surface area contributed by atoms with Gasteiger partial charge in [-0.15, -0.1) is 0 Å². The standard InChI is InChI=1S/C8H12N2O/c1-5-3-2-4-6-7(5)10-8(9)11-6/h5H,2-4H2,1H3,(H2,9,10). The second-order valence-electron chi connectivity index (χ2n) is 3.15. The van der Waals surface area contributed by atoms with Gasteiger partial charge in [-0.05, 0) is 12.8 Å². The lowest BCUT2D eigenvalue weighted by atomic mass is 9.92. The van der Waals surface area contributed by atoms with Crippen LogP contribution in [0.1, 0.15) is 37.1 Å². The van der Waals surface area contributed by atoms with Crippen LogP contribution in [0.4, 0.5) is 6.01 Å². The maximum Gasteiger partial charge on any atom is 0.292 e. The quantitative estimate of drug-likeness (QED) is 0.615. The van der Waals surface area contributed by atoms with Crippen molar-refractivity contribution >= 4 is 6.01 Å². The summed E-state index contributed by atoms with van der Waals surface area (Å²) in [6.45, 7) is 2.17. The van der Waals surface area contributed by atoms with Crippen LogP contribution in [0.3, 0.4) is 0 Å². The second-order valence-corrected chi connectivity index (χ2v) is 3.15. The molecule has 1 aliphatic rings. The minimum atomic E-state index is 0.323. The minimum Gasteiger partial charge on any atom is -0.429 e. The molecule has 0 radical (unpaired) electrons. The number of aromatic nitrogens is 1. The zero-order valence-corrected chi connectivity index (χ0v) is 6.63. The van der Waals surface area contributed by atoms with Gasteiger partial charge in [0.05, 0.1) is 5.69 Å². The molecule has 0 spiro atoms. The summed E-state index contributed by atoms with van der Waals surface area (Å²) in [5.74, 6) is 1.53. The van der Waals surface area contributed by atoms with Crippen molar-refractivity contribution in [3.05, 3.63) is 11.5 Å². The van der Waals surface area contributed by atoms with Crippen molar-refractivity contribution in [2.24, 2.45) is 0 Å². The normalized spacial score (nSPS) is 23.2. The van der Waals surface area contributed by atoms with Crippen molar-refractivity contribution in [1.82, 2.24) is 4.98 Å². The molecule has 0 fully saturated rings. The first-order chi connectivity index (χ1) is 5.27.